The van der Waals surface area contributed by atoms with Crippen LogP contribution in [0.15, 0.2) is 48.9 Å². The van der Waals surface area contributed by atoms with Crippen LogP contribution >= 0.6 is 0 Å². The maximum atomic E-state index is 9.50. The van der Waals surface area contributed by atoms with E-state index < -0.39 is 0 Å². The Kier molecular flexibility index (Phi) is 4.66. The van der Waals surface area contributed by atoms with Gasteiger partial charge in [-0.2, -0.15) is 9.97 Å². The van der Waals surface area contributed by atoms with Crippen LogP contribution in [-0.4, -0.2) is 62.9 Å². The summed E-state index contributed by atoms with van der Waals surface area (Å²) in [6.45, 7) is 3.13. The SMILES string of the molecule is COc1cc(-n2cnc3c(N)nc(N4CCN(c5ccc(O)cc5)CC4)nc32)ccn1. The molecule has 31 heavy (non-hydrogen) atoms. The van der Waals surface area contributed by atoms with E-state index >= 15 is 0 Å². The molecular formula is C21H22N8O2. The number of rotatable bonds is 4. The summed E-state index contributed by atoms with van der Waals surface area (Å²) in [5.41, 5.74) is 9.32. The van der Waals surface area contributed by atoms with Crippen LogP contribution < -0.4 is 20.3 Å². The van der Waals surface area contributed by atoms with Gasteiger partial charge in [-0.1, -0.05) is 0 Å². The van der Waals surface area contributed by atoms with Crippen molar-refractivity contribution < 1.29 is 9.84 Å². The smallest absolute Gasteiger partial charge is 0.229 e. The molecule has 4 heterocycles. The molecule has 4 aromatic rings. The first-order valence-corrected chi connectivity index (χ1v) is 9.92. The average Bonchev–Trinajstić information content (AvgIpc) is 3.24. The Morgan fingerprint density at radius 3 is 2.42 bits per heavy atom. The molecule has 1 saturated heterocycles. The van der Waals surface area contributed by atoms with Gasteiger partial charge in [-0.3, -0.25) is 4.57 Å². The summed E-state index contributed by atoms with van der Waals surface area (Å²) in [6.07, 6.45) is 3.35. The zero-order valence-corrected chi connectivity index (χ0v) is 17.0. The Morgan fingerprint density at radius 1 is 0.935 bits per heavy atom. The fraction of sp³-hybridized carbons (Fsp3) is 0.238. The Balaban J connectivity index is 1.42. The van der Waals surface area contributed by atoms with Crippen LogP contribution in [0.2, 0.25) is 0 Å². The van der Waals surface area contributed by atoms with Crippen molar-refractivity contribution in [3.05, 3.63) is 48.9 Å². The molecular weight excluding hydrogens is 396 g/mol. The summed E-state index contributed by atoms with van der Waals surface area (Å²) in [5.74, 6) is 1.70. The van der Waals surface area contributed by atoms with E-state index in [9.17, 15) is 5.11 Å². The predicted octanol–water partition coefficient (Wildman–Crippen LogP) is 1.83. The van der Waals surface area contributed by atoms with E-state index in [2.05, 4.69) is 24.8 Å². The van der Waals surface area contributed by atoms with Crippen LogP contribution in [-0.2, 0) is 0 Å². The largest absolute Gasteiger partial charge is 0.508 e. The van der Waals surface area contributed by atoms with Crippen molar-refractivity contribution in [1.29, 1.82) is 0 Å². The number of benzene rings is 1. The number of nitrogens with zero attached hydrogens (tertiary/aromatic N) is 7. The number of methoxy groups -OCH3 is 1. The van der Waals surface area contributed by atoms with E-state index in [-0.39, 0.29) is 5.75 Å². The first-order valence-electron chi connectivity index (χ1n) is 9.92. The molecule has 1 aromatic carbocycles. The number of hydrogen-bond acceptors (Lipinski definition) is 9. The Hall–Kier alpha value is -4.08. The van der Waals surface area contributed by atoms with Crippen LogP contribution in [0, 0.1) is 0 Å². The van der Waals surface area contributed by atoms with Crippen molar-refractivity contribution >= 4 is 28.6 Å². The zero-order chi connectivity index (χ0) is 21.4. The van der Waals surface area contributed by atoms with Gasteiger partial charge in [0.2, 0.25) is 11.8 Å². The molecule has 5 rings (SSSR count). The van der Waals surface area contributed by atoms with Gasteiger partial charge in [0.25, 0.3) is 0 Å². The van der Waals surface area contributed by atoms with Gasteiger partial charge >= 0.3 is 0 Å². The minimum absolute atomic E-state index is 0.267. The molecule has 0 aliphatic carbocycles. The number of aromatic nitrogens is 5. The lowest BCUT2D eigenvalue weighted by atomic mass is 10.2. The Bertz CT molecular complexity index is 1220. The number of imidazole rings is 1. The summed E-state index contributed by atoms with van der Waals surface area (Å²) in [5, 5.41) is 9.50. The predicted molar refractivity (Wildman–Crippen MR) is 118 cm³/mol. The van der Waals surface area contributed by atoms with Crippen molar-refractivity contribution in [2.75, 3.05) is 48.8 Å². The van der Waals surface area contributed by atoms with Crippen molar-refractivity contribution in [3.63, 3.8) is 0 Å². The molecule has 0 spiro atoms. The summed E-state index contributed by atoms with van der Waals surface area (Å²) < 4.78 is 7.09. The first-order chi connectivity index (χ1) is 15.1. The fourth-order valence-corrected chi connectivity index (χ4v) is 3.73. The van der Waals surface area contributed by atoms with Crippen molar-refractivity contribution in [2.24, 2.45) is 0 Å². The number of ether oxygens (including phenoxy) is 1. The lowest BCUT2D eigenvalue weighted by molar-refractivity contribution is 0.397. The second-order valence-electron chi connectivity index (χ2n) is 7.24. The first kappa shape index (κ1) is 18.9. The monoisotopic (exact) mass is 418 g/mol. The maximum Gasteiger partial charge on any atom is 0.229 e. The van der Waals surface area contributed by atoms with Gasteiger partial charge < -0.3 is 25.4 Å². The van der Waals surface area contributed by atoms with E-state index in [4.69, 9.17) is 15.5 Å². The molecule has 0 saturated carbocycles. The molecule has 1 aliphatic rings. The average molecular weight is 418 g/mol. The quantitative estimate of drug-likeness (QED) is 0.512. The van der Waals surface area contributed by atoms with Crippen LogP contribution in [0.3, 0.4) is 0 Å². The molecule has 3 N–H and O–H groups in total. The molecule has 3 aromatic heterocycles. The number of nitrogen functional groups attached to an aromatic ring is 1. The number of piperazine rings is 1. The van der Waals surface area contributed by atoms with Gasteiger partial charge in [0.1, 0.15) is 12.1 Å². The Morgan fingerprint density at radius 2 is 1.68 bits per heavy atom. The van der Waals surface area contributed by atoms with E-state index in [1.54, 1.807) is 31.8 Å². The molecule has 1 aliphatic heterocycles. The van der Waals surface area contributed by atoms with Gasteiger partial charge in [0, 0.05) is 44.1 Å². The third-order valence-corrected chi connectivity index (χ3v) is 5.39. The number of hydrogen-bond donors (Lipinski definition) is 2. The highest BCUT2D eigenvalue weighted by Crippen LogP contribution is 2.26. The molecule has 0 amide bonds. The second kappa shape index (κ2) is 7.63. The molecule has 0 atom stereocenters. The lowest BCUT2D eigenvalue weighted by Gasteiger charge is -2.36. The van der Waals surface area contributed by atoms with Gasteiger partial charge in [-0.15, -0.1) is 0 Å². The number of anilines is 3. The fourth-order valence-electron chi connectivity index (χ4n) is 3.73. The van der Waals surface area contributed by atoms with E-state index in [0.717, 1.165) is 37.6 Å². The van der Waals surface area contributed by atoms with Gasteiger partial charge in [0.05, 0.1) is 12.8 Å². The summed E-state index contributed by atoms with van der Waals surface area (Å²) >= 11 is 0. The Labute approximate surface area is 178 Å². The van der Waals surface area contributed by atoms with Crippen LogP contribution in [0.1, 0.15) is 0 Å². The molecule has 0 radical (unpaired) electrons. The summed E-state index contributed by atoms with van der Waals surface area (Å²) in [4.78, 5) is 22.2. The lowest BCUT2D eigenvalue weighted by Crippen LogP contribution is -2.47. The van der Waals surface area contributed by atoms with Crippen molar-refractivity contribution in [2.45, 2.75) is 0 Å². The third-order valence-electron chi connectivity index (χ3n) is 5.39. The minimum atomic E-state index is 0.267. The molecule has 10 heteroatoms. The molecule has 10 nitrogen and oxygen atoms in total. The van der Waals surface area contributed by atoms with Crippen LogP contribution in [0.4, 0.5) is 17.5 Å². The van der Waals surface area contributed by atoms with E-state index in [0.29, 0.717) is 28.8 Å². The number of nitrogens with two attached hydrogens (primary N) is 1. The number of phenols is 1. The van der Waals surface area contributed by atoms with Gasteiger partial charge in [-0.05, 0) is 30.3 Å². The molecule has 1 fully saturated rings. The molecule has 158 valence electrons. The molecule has 0 bridgehead atoms. The number of pyridine rings is 1. The highest BCUT2D eigenvalue weighted by molar-refractivity contribution is 5.84. The zero-order valence-electron chi connectivity index (χ0n) is 17.0. The van der Waals surface area contributed by atoms with Gasteiger partial charge in [-0.25, -0.2) is 9.97 Å². The number of fused-ring (bicyclic) bond motifs is 1. The summed E-state index contributed by atoms with van der Waals surface area (Å²) in [6, 6.07) is 10.9. The highest BCUT2D eigenvalue weighted by atomic mass is 16.5. The van der Waals surface area contributed by atoms with Crippen LogP contribution in [0.5, 0.6) is 11.6 Å². The summed E-state index contributed by atoms with van der Waals surface area (Å²) in [7, 11) is 1.58. The van der Waals surface area contributed by atoms with E-state index in [1.165, 1.54) is 0 Å². The second-order valence-corrected chi connectivity index (χ2v) is 7.24. The van der Waals surface area contributed by atoms with Crippen LogP contribution in [0.25, 0.3) is 16.9 Å². The normalized spacial score (nSPS) is 14.2. The van der Waals surface area contributed by atoms with Crippen molar-refractivity contribution in [1.82, 2.24) is 24.5 Å². The topological polar surface area (TPSA) is 118 Å². The van der Waals surface area contributed by atoms with Gasteiger partial charge in [0.15, 0.2) is 17.0 Å². The van der Waals surface area contributed by atoms with Crippen molar-refractivity contribution in [3.8, 4) is 17.3 Å². The minimum Gasteiger partial charge on any atom is -0.508 e. The molecule has 0 unspecified atom stereocenters. The van der Waals surface area contributed by atoms with E-state index in [1.807, 2.05) is 28.8 Å². The number of phenolic OH excluding ortho intramolecular Hbond substituents is 1. The maximum absolute atomic E-state index is 9.50. The standard InChI is InChI=1S/C21H22N8O2/c1-31-17-12-15(6-7-23-17)29-13-24-18-19(22)25-21(26-20(18)29)28-10-8-27(9-11-28)14-2-4-16(30)5-3-14/h2-7,12-13,30H,8-11H2,1H3,(H2,22,25,26). The highest BCUT2D eigenvalue weighted by Gasteiger charge is 2.22. The number of aromatic hydroxyl groups is 1. The third kappa shape index (κ3) is 3.52.